The number of nitrogens with zero attached hydrogens (tertiary/aromatic N) is 1. The van der Waals surface area contributed by atoms with Crippen LogP contribution in [0.4, 0.5) is 5.69 Å². The van der Waals surface area contributed by atoms with E-state index < -0.39 is 6.04 Å². The predicted octanol–water partition coefficient (Wildman–Crippen LogP) is 4.07. The second-order valence-electron chi connectivity index (χ2n) is 7.81. The maximum Gasteiger partial charge on any atom is 0.329 e. The van der Waals surface area contributed by atoms with E-state index in [0.717, 1.165) is 35.4 Å². The quantitative estimate of drug-likeness (QED) is 0.694. The predicted molar refractivity (Wildman–Crippen MR) is 111 cm³/mol. The molecule has 5 nitrogen and oxygen atoms in total. The number of aryl methyl sites for hydroxylation is 1. The molecular weight excluding hydrogens is 366 g/mol. The van der Waals surface area contributed by atoms with Gasteiger partial charge in [0.25, 0.3) is 0 Å². The van der Waals surface area contributed by atoms with E-state index in [4.69, 9.17) is 9.47 Å². The van der Waals surface area contributed by atoms with E-state index in [1.165, 1.54) is 20.0 Å². The van der Waals surface area contributed by atoms with Gasteiger partial charge in [0.1, 0.15) is 11.8 Å². The van der Waals surface area contributed by atoms with Crippen molar-refractivity contribution in [3.8, 4) is 5.75 Å². The van der Waals surface area contributed by atoms with Crippen LogP contribution < -0.4 is 9.64 Å². The first-order valence-corrected chi connectivity index (χ1v) is 10.4. The Balaban J connectivity index is 1.44. The lowest BCUT2D eigenvalue weighted by Gasteiger charge is -2.24. The molecule has 0 saturated heterocycles. The number of benzene rings is 2. The molecule has 1 amide bonds. The van der Waals surface area contributed by atoms with Gasteiger partial charge in [-0.1, -0.05) is 30.3 Å². The molecule has 2 aromatic carbocycles. The van der Waals surface area contributed by atoms with Gasteiger partial charge in [0.05, 0.1) is 13.2 Å². The summed E-state index contributed by atoms with van der Waals surface area (Å²) < 4.78 is 11.0. The largest absolute Gasteiger partial charge is 0.490 e. The molecule has 1 fully saturated rings. The zero-order chi connectivity index (χ0) is 20.2. The van der Waals surface area contributed by atoms with Gasteiger partial charge < -0.3 is 9.47 Å². The van der Waals surface area contributed by atoms with Crippen molar-refractivity contribution in [2.45, 2.75) is 57.1 Å². The van der Waals surface area contributed by atoms with Crippen molar-refractivity contribution in [1.82, 2.24) is 0 Å². The lowest BCUT2D eigenvalue weighted by Crippen LogP contribution is -2.43. The zero-order valence-electron chi connectivity index (χ0n) is 16.8. The molecule has 0 bridgehead atoms. The lowest BCUT2D eigenvalue weighted by molar-refractivity contribution is -0.143. The first-order chi connectivity index (χ1) is 14.2. The molecule has 0 aromatic heterocycles. The maximum absolute atomic E-state index is 13.1. The van der Waals surface area contributed by atoms with Gasteiger partial charge in [-0.15, -0.1) is 0 Å². The molecule has 1 unspecified atom stereocenters. The van der Waals surface area contributed by atoms with Crippen molar-refractivity contribution in [3.63, 3.8) is 0 Å². The number of anilines is 1. The minimum atomic E-state index is -0.582. The minimum Gasteiger partial charge on any atom is -0.490 e. The number of fused-ring (bicyclic) bond motifs is 1. The number of methoxy groups -OCH3 is 1. The van der Waals surface area contributed by atoms with Gasteiger partial charge in [-0.3, -0.25) is 9.69 Å². The second-order valence-corrected chi connectivity index (χ2v) is 7.81. The molecule has 0 spiro atoms. The van der Waals surface area contributed by atoms with Crippen LogP contribution in [0.1, 0.15) is 43.2 Å². The van der Waals surface area contributed by atoms with Crippen LogP contribution in [0.5, 0.6) is 5.75 Å². The molecule has 1 aliphatic carbocycles. The molecule has 0 N–H and O–H groups in total. The SMILES string of the molecule is COC(=O)C1Cc2ccccc2N1C(=O)CCc1cccc(OC2CCCC2)c1. The molecule has 2 aromatic rings. The Kier molecular flexibility index (Phi) is 5.84. The van der Waals surface area contributed by atoms with Crippen molar-refractivity contribution >= 4 is 17.6 Å². The van der Waals surface area contributed by atoms with Crippen LogP contribution in [-0.2, 0) is 27.2 Å². The molecule has 1 aliphatic heterocycles. The molecule has 5 heteroatoms. The highest BCUT2D eigenvalue weighted by Gasteiger charge is 2.38. The van der Waals surface area contributed by atoms with Crippen molar-refractivity contribution in [3.05, 3.63) is 59.7 Å². The molecule has 29 heavy (non-hydrogen) atoms. The number of carbonyl (C=O) groups is 2. The number of para-hydroxylation sites is 1. The van der Waals surface area contributed by atoms with Crippen molar-refractivity contribution in [2.24, 2.45) is 0 Å². The summed E-state index contributed by atoms with van der Waals surface area (Å²) in [4.78, 5) is 26.9. The number of ether oxygens (including phenoxy) is 2. The summed E-state index contributed by atoms with van der Waals surface area (Å²) >= 11 is 0. The number of rotatable bonds is 6. The fourth-order valence-electron chi connectivity index (χ4n) is 4.36. The van der Waals surface area contributed by atoms with Crippen LogP contribution in [0.3, 0.4) is 0 Å². The van der Waals surface area contributed by atoms with Gasteiger partial charge in [0, 0.05) is 18.5 Å². The zero-order valence-corrected chi connectivity index (χ0v) is 16.8. The fraction of sp³-hybridized carbons (Fsp3) is 0.417. The van der Waals surface area contributed by atoms with Crippen LogP contribution in [0.2, 0.25) is 0 Å². The third kappa shape index (κ3) is 4.29. The van der Waals surface area contributed by atoms with Gasteiger partial charge in [0.15, 0.2) is 0 Å². The van der Waals surface area contributed by atoms with Crippen molar-refractivity contribution in [2.75, 3.05) is 12.0 Å². The van der Waals surface area contributed by atoms with E-state index in [1.807, 2.05) is 48.5 Å². The monoisotopic (exact) mass is 393 g/mol. The van der Waals surface area contributed by atoms with Crippen LogP contribution in [0.15, 0.2) is 48.5 Å². The Hall–Kier alpha value is -2.82. The molecular formula is C24H27NO4. The Morgan fingerprint density at radius 2 is 1.86 bits per heavy atom. The summed E-state index contributed by atoms with van der Waals surface area (Å²) in [6.07, 6.45) is 6.45. The molecule has 2 aliphatic rings. The van der Waals surface area contributed by atoms with Crippen LogP contribution >= 0.6 is 0 Å². The van der Waals surface area contributed by atoms with Crippen LogP contribution in [0, 0.1) is 0 Å². The second kappa shape index (κ2) is 8.68. The Bertz CT molecular complexity index is 888. The number of amides is 1. The summed E-state index contributed by atoms with van der Waals surface area (Å²) in [6.45, 7) is 0. The third-order valence-corrected chi connectivity index (χ3v) is 5.85. The minimum absolute atomic E-state index is 0.0625. The van der Waals surface area contributed by atoms with Crippen molar-refractivity contribution in [1.29, 1.82) is 0 Å². The smallest absolute Gasteiger partial charge is 0.329 e. The highest BCUT2D eigenvalue weighted by atomic mass is 16.5. The highest BCUT2D eigenvalue weighted by molar-refractivity contribution is 6.02. The van der Waals surface area contributed by atoms with E-state index in [0.29, 0.717) is 25.4 Å². The van der Waals surface area contributed by atoms with Crippen LogP contribution in [-0.4, -0.2) is 31.1 Å². The van der Waals surface area contributed by atoms with E-state index >= 15 is 0 Å². The molecule has 1 atom stereocenters. The first kappa shape index (κ1) is 19.5. The Morgan fingerprint density at radius 1 is 1.07 bits per heavy atom. The molecule has 4 rings (SSSR count). The fourth-order valence-corrected chi connectivity index (χ4v) is 4.36. The maximum atomic E-state index is 13.1. The summed E-state index contributed by atoms with van der Waals surface area (Å²) in [7, 11) is 1.36. The standard InChI is InChI=1S/C24H27NO4/c1-28-24(27)22-16-18-8-2-5-12-21(18)25(22)23(26)14-13-17-7-6-11-20(15-17)29-19-9-3-4-10-19/h2,5-8,11-12,15,19,22H,3-4,9-10,13-14,16H2,1H3. The van der Waals surface area contributed by atoms with Gasteiger partial charge in [-0.05, 0) is 61.4 Å². The topological polar surface area (TPSA) is 55.8 Å². The summed E-state index contributed by atoms with van der Waals surface area (Å²) in [5, 5.41) is 0. The number of carbonyl (C=O) groups excluding carboxylic acids is 2. The lowest BCUT2D eigenvalue weighted by atomic mass is 10.1. The summed E-state index contributed by atoms with van der Waals surface area (Å²) in [5.41, 5.74) is 2.88. The average Bonchev–Trinajstić information content (AvgIpc) is 3.39. The molecule has 0 radical (unpaired) electrons. The van der Waals surface area contributed by atoms with E-state index in [9.17, 15) is 9.59 Å². The Labute approximate surface area is 171 Å². The van der Waals surface area contributed by atoms with Gasteiger partial charge in [-0.25, -0.2) is 4.79 Å². The molecule has 1 heterocycles. The van der Waals surface area contributed by atoms with Gasteiger partial charge in [-0.2, -0.15) is 0 Å². The summed E-state index contributed by atoms with van der Waals surface area (Å²) in [6, 6.07) is 15.1. The summed E-state index contributed by atoms with van der Waals surface area (Å²) in [5.74, 6) is 0.440. The normalized spacial score (nSPS) is 18.5. The van der Waals surface area contributed by atoms with Crippen molar-refractivity contribution < 1.29 is 19.1 Å². The Morgan fingerprint density at radius 3 is 2.66 bits per heavy atom. The first-order valence-electron chi connectivity index (χ1n) is 10.4. The number of hydrogen-bond acceptors (Lipinski definition) is 4. The average molecular weight is 393 g/mol. The third-order valence-electron chi connectivity index (χ3n) is 5.85. The van der Waals surface area contributed by atoms with Gasteiger partial charge in [0.2, 0.25) is 5.91 Å². The van der Waals surface area contributed by atoms with E-state index in [-0.39, 0.29) is 11.9 Å². The van der Waals surface area contributed by atoms with Crippen LogP contribution in [0.25, 0.3) is 0 Å². The number of esters is 1. The molecule has 152 valence electrons. The van der Waals surface area contributed by atoms with Gasteiger partial charge >= 0.3 is 5.97 Å². The van der Waals surface area contributed by atoms with E-state index in [1.54, 1.807) is 4.90 Å². The number of hydrogen-bond donors (Lipinski definition) is 0. The molecule has 1 saturated carbocycles. The highest BCUT2D eigenvalue weighted by Crippen LogP contribution is 2.33. The van der Waals surface area contributed by atoms with E-state index in [2.05, 4.69) is 0 Å².